The molecule has 1 saturated carbocycles. The Morgan fingerprint density at radius 2 is 2.32 bits per heavy atom. The smallest absolute Gasteiger partial charge is 0.228 e. The molecular formula is C18H24ClN5O. The van der Waals surface area contributed by atoms with Gasteiger partial charge in [-0.2, -0.15) is 5.10 Å². The highest BCUT2D eigenvalue weighted by atomic mass is 35.5. The van der Waals surface area contributed by atoms with E-state index in [0.29, 0.717) is 12.5 Å². The summed E-state index contributed by atoms with van der Waals surface area (Å²) in [6.07, 6.45) is 7.78. The average Bonchev–Trinajstić information content (AvgIpc) is 3.29. The molecule has 0 radical (unpaired) electrons. The number of carbonyl (C=O) groups excluding carboxylic acids is 1. The summed E-state index contributed by atoms with van der Waals surface area (Å²) in [5.74, 6) is 0.705. The second-order valence-corrected chi connectivity index (χ2v) is 6.92. The largest absolute Gasteiger partial charge is 0.351 e. The molecule has 7 heteroatoms. The van der Waals surface area contributed by atoms with Crippen LogP contribution in [-0.2, 0) is 11.3 Å². The third kappa shape index (κ3) is 3.41. The molecule has 2 aliphatic rings. The zero-order valence-corrected chi connectivity index (χ0v) is 15.0. The highest BCUT2D eigenvalue weighted by Gasteiger charge is 2.49. The second kappa shape index (κ2) is 7.54. The third-order valence-electron chi connectivity index (χ3n) is 5.54. The van der Waals surface area contributed by atoms with Crippen molar-refractivity contribution in [3.63, 3.8) is 0 Å². The van der Waals surface area contributed by atoms with Crippen LogP contribution in [0.2, 0.25) is 0 Å². The Labute approximate surface area is 153 Å². The zero-order chi connectivity index (χ0) is 16.4. The SMILES string of the molecule is Cl.O=C(NCc1cccc(-n2cncn2)c1)[C@@]12CCCC[C@H]1CNC2. The van der Waals surface area contributed by atoms with E-state index < -0.39 is 0 Å². The molecule has 2 fully saturated rings. The fraction of sp³-hybridized carbons (Fsp3) is 0.500. The lowest BCUT2D eigenvalue weighted by molar-refractivity contribution is -0.134. The number of hydrogen-bond acceptors (Lipinski definition) is 4. The number of fused-ring (bicyclic) bond motifs is 1. The van der Waals surface area contributed by atoms with Crippen molar-refractivity contribution in [3.8, 4) is 5.69 Å². The minimum Gasteiger partial charge on any atom is -0.351 e. The first-order chi connectivity index (χ1) is 11.8. The summed E-state index contributed by atoms with van der Waals surface area (Å²) in [5, 5.41) is 10.8. The molecule has 2 heterocycles. The van der Waals surface area contributed by atoms with Gasteiger partial charge in [0.05, 0.1) is 11.1 Å². The summed E-state index contributed by atoms with van der Waals surface area (Å²) in [7, 11) is 0. The topological polar surface area (TPSA) is 71.8 Å². The van der Waals surface area contributed by atoms with Crippen molar-refractivity contribution in [2.24, 2.45) is 11.3 Å². The second-order valence-electron chi connectivity index (χ2n) is 6.92. The van der Waals surface area contributed by atoms with Gasteiger partial charge in [-0.05, 0) is 43.0 Å². The molecule has 1 aromatic heterocycles. The predicted octanol–water partition coefficient (Wildman–Crippen LogP) is 2.09. The maximum atomic E-state index is 12.9. The van der Waals surface area contributed by atoms with Crippen LogP contribution in [0, 0.1) is 11.3 Å². The van der Waals surface area contributed by atoms with E-state index in [1.807, 2.05) is 24.3 Å². The molecule has 1 amide bonds. The van der Waals surface area contributed by atoms with Gasteiger partial charge in [-0.15, -0.1) is 12.4 Å². The van der Waals surface area contributed by atoms with Gasteiger partial charge in [0.25, 0.3) is 0 Å². The van der Waals surface area contributed by atoms with Crippen molar-refractivity contribution in [1.29, 1.82) is 0 Å². The summed E-state index contributed by atoms with van der Waals surface area (Å²) < 4.78 is 1.72. The van der Waals surface area contributed by atoms with Crippen molar-refractivity contribution in [2.75, 3.05) is 13.1 Å². The van der Waals surface area contributed by atoms with E-state index in [1.165, 1.54) is 19.2 Å². The lowest BCUT2D eigenvalue weighted by Crippen LogP contribution is -2.47. The number of nitrogens with one attached hydrogen (secondary N) is 2. The van der Waals surface area contributed by atoms with Gasteiger partial charge < -0.3 is 10.6 Å². The van der Waals surface area contributed by atoms with E-state index in [1.54, 1.807) is 11.0 Å². The normalized spacial score (nSPS) is 25.0. The van der Waals surface area contributed by atoms with Gasteiger partial charge in [0, 0.05) is 13.1 Å². The molecule has 4 rings (SSSR count). The van der Waals surface area contributed by atoms with E-state index in [0.717, 1.165) is 37.2 Å². The third-order valence-corrected chi connectivity index (χ3v) is 5.54. The number of aromatic nitrogens is 3. The minimum atomic E-state index is -0.193. The molecule has 1 saturated heterocycles. The lowest BCUT2D eigenvalue weighted by atomic mass is 9.67. The van der Waals surface area contributed by atoms with Crippen LogP contribution in [0.4, 0.5) is 0 Å². The Morgan fingerprint density at radius 1 is 1.40 bits per heavy atom. The van der Waals surface area contributed by atoms with Crippen molar-refractivity contribution < 1.29 is 4.79 Å². The van der Waals surface area contributed by atoms with Crippen molar-refractivity contribution >= 4 is 18.3 Å². The van der Waals surface area contributed by atoms with Gasteiger partial charge >= 0.3 is 0 Å². The quantitative estimate of drug-likeness (QED) is 0.874. The highest BCUT2D eigenvalue weighted by molar-refractivity contribution is 5.85. The molecule has 2 N–H and O–H groups in total. The van der Waals surface area contributed by atoms with Crippen LogP contribution >= 0.6 is 12.4 Å². The fourth-order valence-electron chi connectivity index (χ4n) is 4.20. The van der Waals surface area contributed by atoms with Gasteiger partial charge in [0.15, 0.2) is 0 Å². The highest BCUT2D eigenvalue weighted by Crippen LogP contribution is 2.43. The van der Waals surface area contributed by atoms with Crippen LogP contribution in [0.1, 0.15) is 31.2 Å². The number of hydrogen-bond donors (Lipinski definition) is 2. The molecule has 134 valence electrons. The van der Waals surface area contributed by atoms with Crippen LogP contribution in [0.5, 0.6) is 0 Å². The number of nitrogens with zero attached hydrogens (tertiary/aromatic N) is 3. The number of amides is 1. The molecule has 0 unspecified atom stereocenters. The van der Waals surface area contributed by atoms with Gasteiger partial charge in [-0.3, -0.25) is 4.79 Å². The number of benzene rings is 1. The van der Waals surface area contributed by atoms with Crippen molar-refractivity contribution in [1.82, 2.24) is 25.4 Å². The van der Waals surface area contributed by atoms with Gasteiger partial charge in [0.2, 0.25) is 5.91 Å². The number of rotatable bonds is 4. The van der Waals surface area contributed by atoms with Crippen molar-refractivity contribution in [3.05, 3.63) is 42.5 Å². The molecule has 25 heavy (non-hydrogen) atoms. The van der Waals surface area contributed by atoms with E-state index in [-0.39, 0.29) is 23.7 Å². The van der Waals surface area contributed by atoms with Gasteiger partial charge in [-0.1, -0.05) is 25.0 Å². The molecule has 1 aliphatic carbocycles. The monoisotopic (exact) mass is 361 g/mol. The molecule has 1 aromatic carbocycles. The van der Waals surface area contributed by atoms with Crippen LogP contribution < -0.4 is 10.6 Å². The molecule has 0 bridgehead atoms. The summed E-state index contributed by atoms with van der Waals surface area (Å²) in [6, 6.07) is 8.04. The Balaban J connectivity index is 0.00000182. The summed E-state index contributed by atoms with van der Waals surface area (Å²) >= 11 is 0. The zero-order valence-electron chi connectivity index (χ0n) is 14.1. The van der Waals surface area contributed by atoms with Crippen LogP contribution in [0.3, 0.4) is 0 Å². The Morgan fingerprint density at radius 3 is 3.16 bits per heavy atom. The van der Waals surface area contributed by atoms with E-state index >= 15 is 0 Å². The molecule has 2 aromatic rings. The Bertz CT molecular complexity index is 720. The van der Waals surface area contributed by atoms with E-state index in [9.17, 15) is 4.79 Å². The van der Waals surface area contributed by atoms with Gasteiger partial charge in [0.1, 0.15) is 12.7 Å². The maximum Gasteiger partial charge on any atom is 0.228 e. The van der Waals surface area contributed by atoms with E-state index in [4.69, 9.17) is 0 Å². The van der Waals surface area contributed by atoms with E-state index in [2.05, 4.69) is 20.7 Å². The van der Waals surface area contributed by atoms with Crippen molar-refractivity contribution in [2.45, 2.75) is 32.2 Å². The first kappa shape index (κ1) is 17.9. The first-order valence-corrected chi connectivity index (χ1v) is 8.71. The number of carbonyl (C=O) groups is 1. The number of halogens is 1. The van der Waals surface area contributed by atoms with Crippen LogP contribution in [-0.4, -0.2) is 33.8 Å². The Kier molecular flexibility index (Phi) is 5.39. The predicted molar refractivity (Wildman–Crippen MR) is 97.7 cm³/mol. The minimum absolute atomic E-state index is 0. The molecule has 2 atom stereocenters. The summed E-state index contributed by atoms with van der Waals surface area (Å²) in [6.45, 7) is 2.35. The van der Waals surface area contributed by atoms with Crippen LogP contribution in [0.15, 0.2) is 36.9 Å². The maximum absolute atomic E-state index is 12.9. The Hall–Kier alpha value is -1.92. The lowest BCUT2D eigenvalue weighted by Gasteiger charge is -2.37. The van der Waals surface area contributed by atoms with Gasteiger partial charge in [-0.25, -0.2) is 9.67 Å². The summed E-state index contributed by atoms with van der Waals surface area (Å²) in [5.41, 5.74) is 1.84. The first-order valence-electron chi connectivity index (χ1n) is 8.71. The molecule has 1 aliphatic heterocycles. The standard InChI is InChI=1S/C18H23N5O.ClH/c24-17(18-7-2-1-5-15(18)10-19-11-18)21-9-14-4-3-6-16(8-14)23-13-20-12-22-23;/h3-4,6,8,12-13,15,19H,1-2,5,7,9-11H2,(H,21,24);1H/t15-,18+;/m0./s1. The molecule has 0 spiro atoms. The molecular weight excluding hydrogens is 338 g/mol. The fourth-order valence-corrected chi connectivity index (χ4v) is 4.20. The van der Waals surface area contributed by atoms with Crippen LogP contribution in [0.25, 0.3) is 5.69 Å². The average molecular weight is 362 g/mol. The molecule has 6 nitrogen and oxygen atoms in total. The summed E-state index contributed by atoms with van der Waals surface area (Å²) in [4.78, 5) is 16.9.